The van der Waals surface area contributed by atoms with Crippen LogP contribution in [0.15, 0.2) is 54.9 Å². The Hall–Kier alpha value is -4.01. The summed E-state index contributed by atoms with van der Waals surface area (Å²) in [6.07, 6.45) is 4.53. The zero-order valence-electron chi connectivity index (χ0n) is 19.0. The fourth-order valence-corrected chi connectivity index (χ4v) is 3.29. The maximum Gasteiger partial charge on any atom is 0.423 e. The Kier molecular flexibility index (Phi) is 5.95. The minimum absolute atomic E-state index is 0.112. The number of aryl methyl sites for hydroxylation is 1. The predicted octanol–water partition coefficient (Wildman–Crippen LogP) is 4.18. The molecule has 0 N–H and O–H groups in total. The fourth-order valence-electron chi connectivity index (χ4n) is 3.29. The zero-order valence-corrected chi connectivity index (χ0v) is 19.0. The second-order valence-corrected chi connectivity index (χ2v) is 8.59. The Morgan fingerprint density at radius 2 is 1.97 bits per heavy atom. The van der Waals surface area contributed by atoms with Gasteiger partial charge in [-0.25, -0.2) is 9.78 Å². The summed E-state index contributed by atoms with van der Waals surface area (Å²) in [5.41, 5.74) is 0.806. The average molecular weight is 447 g/mol. The van der Waals surface area contributed by atoms with Gasteiger partial charge in [-0.15, -0.1) is 10.2 Å². The van der Waals surface area contributed by atoms with Gasteiger partial charge in [0.15, 0.2) is 5.82 Å². The lowest BCUT2D eigenvalue weighted by molar-refractivity contribution is 0.0563. The van der Waals surface area contributed by atoms with Crippen LogP contribution in [-0.2, 0) is 11.3 Å². The summed E-state index contributed by atoms with van der Waals surface area (Å²) in [7, 11) is 0. The fraction of sp³-hybridized carbons (Fsp3) is 0.292. The van der Waals surface area contributed by atoms with Crippen LogP contribution in [0.5, 0.6) is 5.75 Å². The van der Waals surface area contributed by atoms with Gasteiger partial charge in [-0.3, -0.25) is 4.79 Å². The number of fused-ring (bicyclic) bond motifs is 5. The number of hydrogen-bond donors (Lipinski definition) is 0. The topological polar surface area (TPSA) is 99.4 Å². The molecule has 0 radical (unpaired) electrons. The summed E-state index contributed by atoms with van der Waals surface area (Å²) in [6, 6.07) is 10.2. The summed E-state index contributed by atoms with van der Waals surface area (Å²) >= 11 is 0. The molecule has 1 aliphatic rings. The van der Waals surface area contributed by atoms with E-state index < -0.39 is 17.6 Å². The highest BCUT2D eigenvalue weighted by Gasteiger charge is 2.32. The quantitative estimate of drug-likeness (QED) is 0.477. The molecule has 0 aliphatic carbocycles. The first-order valence-electron chi connectivity index (χ1n) is 10.5. The van der Waals surface area contributed by atoms with Crippen LogP contribution in [0.2, 0.25) is 0 Å². The van der Waals surface area contributed by atoms with Crippen LogP contribution in [0.4, 0.5) is 10.6 Å². The number of amides is 2. The number of pyridine rings is 1. The first-order chi connectivity index (χ1) is 15.7. The highest BCUT2D eigenvalue weighted by molar-refractivity contribution is 6.19. The van der Waals surface area contributed by atoms with Crippen LogP contribution in [0.25, 0.3) is 11.5 Å². The van der Waals surface area contributed by atoms with E-state index in [9.17, 15) is 9.59 Å². The molecular formula is C24H25N5O4. The standard InChI is InChI=1S/C24H25N5O4/c1-16-10-11-17-19(14-16)32-13-6-5-12-28-15-25-27-21(28)18-8-7-9-20(26-18)29(22(17)30)23(31)33-24(2,3)4/h5-11,14-15H,12-13H2,1-4H3/b6-5+. The molecule has 0 saturated carbocycles. The van der Waals surface area contributed by atoms with Crippen molar-refractivity contribution >= 4 is 17.8 Å². The van der Waals surface area contributed by atoms with Crippen molar-refractivity contribution in [3.05, 3.63) is 66.0 Å². The molecule has 0 spiro atoms. The normalized spacial score (nSPS) is 15.0. The molecule has 0 fully saturated rings. The molecule has 2 bridgehead atoms. The van der Waals surface area contributed by atoms with Gasteiger partial charge in [0.05, 0.1) is 5.56 Å². The molecule has 1 aromatic carbocycles. The Labute approximate surface area is 191 Å². The molecule has 33 heavy (non-hydrogen) atoms. The van der Waals surface area contributed by atoms with Crippen molar-refractivity contribution in [2.45, 2.75) is 39.8 Å². The van der Waals surface area contributed by atoms with Crippen molar-refractivity contribution in [3.8, 4) is 17.3 Å². The summed E-state index contributed by atoms with van der Waals surface area (Å²) in [4.78, 5) is 32.4. The molecule has 170 valence electrons. The molecule has 3 aromatic rings. The first-order valence-corrected chi connectivity index (χ1v) is 10.5. The molecule has 3 heterocycles. The molecule has 2 amide bonds. The number of anilines is 1. The Balaban J connectivity index is 1.89. The number of nitrogens with zero attached hydrogens (tertiary/aromatic N) is 5. The highest BCUT2D eigenvalue weighted by Crippen LogP contribution is 2.27. The van der Waals surface area contributed by atoms with Crippen molar-refractivity contribution in [1.29, 1.82) is 0 Å². The third-order valence-electron chi connectivity index (χ3n) is 4.76. The number of carbonyl (C=O) groups excluding carboxylic acids is 2. The number of ether oxygens (including phenoxy) is 2. The monoisotopic (exact) mass is 447 g/mol. The van der Waals surface area contributed by atoms with Crippen molar-refractivity contribution in [3.63, 3.8) is 0 Å². The van der Waals surface area contributed by atoms with E-state index in [0.717, 1.165) is 10.5 Å². The molecular weight excluding hydrogens is 422 g/mol. The van der Waals surface area contributed by atoms with Gasteiger partial charge in [-0.05, 0) is 63.6 Å². The van der Waals surface area contributed by atoms with Crippen LogP contribution < -0.4 is 9.64 Å². The highest BCUT2D eigenvalue weighted by atomic mass is 16.6. The summed E-state index contributed by atoms with van der Waals surface area (Å²) in [5.74, 6) is 0.385. The van der Waals surface area contributed by atoms with Crippen LogP contribution in [-0.4, -0.2) is 44.0 Å². The molecule has 9 heteroatoms. The first kappa shape index (κ1) is 22.2. The van der Waals surface area contributed by atoms with Crippen molar-refractivity contribution in [1.82, 2.24) is 19.7 Å². The number of benzene rings is 1. The van der Waals surface area contributed by atoms with Gasteiger partial charge in [0.1, 0.15) is 35.8 Å². The number of rotatable bonds is 0. The number of hydrogen-bond acceptors (Lipinski definition) is 7. The molecule has 1 aliphatic heterocycles. The summed E-state index contributed by atoms with van der Waals surface area (Å²) in [6.45, 7) is 7.86. The lowest BCUT2D eigenvalue weighted by Gasteiger charge is -2.26. The van der Waals surface area contributed by atoms with E-state index in [0.29, 0.717) is 23.8 Å². The maximum absolute atomic E-state index is 13.7. The zero-order chi connectivity index (χ0) is 23.6. The van der Waals surface area contributed by atoms with Crippen molar-refractivity contribution in [2.24, 2.45) is 0 Å². The van der Waals surface area contributed by atoms with Gasteiger partial charge >= 0.3 is 6.09 Å². The van der Waals surface area contributed by atoms with Crippen LogP contribution in [0, 0.1) is 6.92 Å². The van der Waals surface area contributed by atoms with Crippen LogP contribution in [0.3, 0.4) is 0 Å². The molecule has 0 saturated heterocycles. The largest absolute Gasteiger partial charge is 0.489 e. The van der Waals surface area contributed by atoms with Gasteiger partial charge in [0, 0.05) is 6.54 Å². The molecule has 9 nitrogen and oxygen atoms in total. The van der Waals surface area contributed by atoms with E-state index in [-0.39, 0.29) is 18.0 Å². The average Bonchev–Trinajstić information content (AvgIpc) is 3.20. The minimum atomic E-state index is -0.836. The molecule has 0 atom stereocenters. The van der Waals surface area contributed by atoms with Crippen molar-refractivity contribution < 1.29 is 19.1 Å². The molecule has 2 aromatic heterocycles. The summed E-state index contributed by atoms with van der Waals surface area (Å²) < 4.78 is 13.2. The smallest absolute Gasteiger partial charge is 0.423 e. The second kappa shape index (κ2) is 8.85. The van der Waals surface area contributed by atoms with E-state index in [1.807, 2.05) is 23.6 Å². The van der Waals surface area contributed by atoms with E-state index in [4.69, 9.17) is 9.47 Å². The lowest BCUT2D eigenvalue weighted by atomic mass is 10.1. The minimum Gasteiger partial charge on any atom is -0.489 e. The summed E-state index contributed by atoms with van der Waals surface area (Å²) in [5, 5.41) is 8.14. The second-order valence-electron chi connectivity index (χ2n) is 8.59. The third kappa shape index (κ3) is 4.92. The van der Waals surface area contributed by atoms with Crippen molar-refractivity contribution in [2.75, 3.05) is 11.5 Å². The molecule has 0 unspecified atom stereocenters. The Morgan fingerprint density at radius 3 is 2.76 bits per heavy atom. The third-order valence-corrected chi connectivity index (χ3v) is 4.76. The van der Waals surface area contributed by atoms with E-state index in [1.165, 1.54) is 0 Å². The number of imide groups is 1. The van der Waals surface area contributed by atoms with Gasteiger partial charge in [0.25, 0.3) is 5.91 Å². The SMILES string of the molecule is Cc1ccc2c(c1)OC/C=C/Cn1cnnc1-c1cccc(n1)N(C(=O)OC(C)(C)C)C2=O. The number of aromatic nitrogens is 4. The predicted molar refractivity (Wildman–Crippen MR) is 122 cm³/mol. The van der Waals surface area contributed by atoms with Crippen LogP contribution >= 0.6 is 0 Å². The molecule has 4 rings (SSSR count). The van der Waals surface area contributed by atoms with E-state index >= 15 is 0 Å². The Bertz CT molecular complexity index is 1230. The van der Waals surface area contributed by atoms with Crippen LogP contribution in [0.1, 0.15) is 36.7 Å². The lowest BCUT2D eigenvalue weighted by Crippen LogP contribution is -2.41. The maximum atomic E-state index is 13.7. The van der Waals surface area contributed by atoms with Gasteiger partial charge in [0.2, 0.25) is 0 Å². The van der Waals surface area contributed by atoms with Gasteiger partial charge < -0.3 is 14.0 Å². The van der Waals surface area contributed by atoms with E-state index in [1.54, 1.807) is 63.5 Å². The Morgan fingerprint density at radius 1 is 1.15 bits per heavy atom. The number of allylic oxidation sites excluding steroid dienone is 1. The van der Waals surface area contributed by atoms with Gasteiger partial charge in [-0.2, -0.15) is 4.90 Å². The van der Waals surface area contributed by atoms with E-state index in [2.05, 4.69) is 15.2 Å². The van der Waals surface area contributed by atoms with Gasteiger partial charge in [-0.1, -0.05) is 18.2 Å². The number of carbonyl (C=O) groups is 2.